The number of aliphatic imine (C=N–C) groups is 1. The summed E-state index contributed by atoms with van der Waals surface area (Å²) in [6.07, 6.45) is 4.90. The van der Waals surface area contributed by atoms with E-state index in [0.717, 1.165) is 34.4 Å². The van der Waals surface area contributed by atoms with Crippen LogP contribution < -0.4 is 9.47 Å². The van der Waals surface area contributed by atoms with Crippen molar-refractivity contribution < 1.29 is 9.47 Å². The van der Waals surface area contributed by atoms with Gasteiger partial charge in [0.05, 0.1) is 14.2 Å². The summed E-state index contributed by atoms with van der Waals surface area (Å²) in [5.74, 6) is 2.04. The standard InChI is InChI=1S/C18H21N3O2/c1-6-13(11-19-3)7-10-16-20-12(2)14-8-9-15(22-4)18(23-5)17(14)21-16/h6,8-9,11H,1,3,7,10H2,2,4-5H3/b13-11+. The van der Waals surface area contributed by atoms with Crippen molar-refractivity contribution in [2.45, 2.75) is 19.8 Å². The van der Waals surface area contributed by atoms with Crippen LogP contribution in [0.1, 0.15) is 17.9 Å². The van der Waals surface area contributed by atoms with E-state index in [-0.39, 0.29) is 0 Å². The van der Waals surface area contributed by atoms with Crippen LogP contribution in [-0.4, -0.2) is 30.9 Å². The second-order valence-electron chi connectivity index (χ2n) is 5.01. The Bertz CT molecular complexity index is 766. The van der Waals surface area contributed by atoms with Crippen molar-refractivity contribution >= 4 is 17.6 Å². The molecule has 0 radical (unpaired) electrons. The van der Waals surface area contributed by atoms with E-state index < -0.39 is 0 Å². The van der Waals surface area contributed by atoms with E-state index in [1.54, 1.807) is 26.5 Å². The molecule has 0 N–H and O–H groups in total. The number of aryl methyl sites for hydroxylation is 2. The molecule has 0 spiro atoms. The molecule has 0 saturated heterocycles. The van der Waals surface area contributed by atoms with E-state index in [0.29, 0.717) is 17.9 Å². The van der Waals surface area contributed by atoms with Gasteiger partial charge in [0.15, 0.2) is 11.5 Å². The van der Waals surface area contributed by atoms with Gasteiger partial charge in [0.25, 0.3) is 0 Å². The summed E-state index contributed by atoms with van der Waals surface area (Å²) in [5.41, 5.74) is 2.68. The van der Waals surface area contributed by atoms with Crippen molar-refractivity contribution in [2.24, 2.45) is 4.99 Å². The number of hydrogen-bond donors (Lipinski definition) is 0. The zero-order chi connectivity index (χ0) is 16.8. The first-order chi connectivity index (χ1) is 11.1. The summed E-state index contributed by atoms with van der Waals surface area (Å²) in [6.45, 7) is 9.21. The van der Waals surface area contributed by atoms with Gasteiger partial charge >= 0.3 is 0 Å². The smallest absolute Gasteiger partial charge is 0.187 e. The van der Waals surface area contributed by atoms with Crippen LogP contribution >= 0.6 is 0 Å². The molecule has 0 amide bonds. The molecule has 5 heteroatoms. The average Bonchev–Trinajstić information content (AvgIpc) is 2.57. The average molecular weight is 311 g/mol. The minimum absolute atomic E-state index is 0.629. The molecule has 2 aromatic rings. The van der Waals surface area contributed by atoms with Gasteiger partial charge in [-0.3, -0.25) is 4.99 Å². The Labute approximate surface area is 136 Å². The number of hydrogen-bond acceptors (Lipinski definition) is 5. The van der Waals surface area contributed by atoms with Crippen LogP contribution in [0.15, 0.2) is 41.6 Å². The minimum Gasteiger partial charge on any atom is -0.493 e. The van der Waals surface area contributed by atoms with Crippen molar-refractivity contribution in [1.82, 2.24) is 9.97 Å². The zero-order valence-corrected chi connectivity index (χ0v) is 13.8. The lowest BCUT2D eigenvalue weighted by Crippen LogP contribution is -2.02. The van der Waals surface area contributed by atoms with Gasteiger partial charge in [0.1, 0.15) is 11.3 Å². The molecule has 120 valence electrons. The summed E-state index contributed by atoms with van der Waals surface area (Å²) in [6, 6.07) is 3.82. The summed E-state index contributed by atoms with van der Waals surface area (Å²) in [5, 5.41) is 0.957. The van der Waals surface area contributed by atoms with Gasteiger partial charge in [0, 0.05) is 23.7 Å². The van der Waals surface area contributed by atoms with Crippen LogP contribution in [-0.2, 0) is 6.42 Å². The molecular formula is C18H21N3O2. The maximum Gasteiger partial charge on any atom is 0.187 e. The summed E-state index contributed by atoms with van der Waals surface area (Å²) in [7, 11) is 3.23. The van der Waals surface area contributed by atoms with Crippen LogP contribution in [0.2, 0.25) is 0 Å². The topological polar surface area (TPSA) is 56.6 Å². The van der Waals surface area contributed by atoms with E-state index in [1.807, 2.05) is 19.1 Å². The van der Waals surface area contributed by atoms with E-state index in [9.17, 15) is 0 Å². The fourth-order valence-electron chi connectivity index (χ4n) is 2.43. The number of ether oxygens (including phenoxy) is 2. The van der Waals surface area contributed by atoms with Gasteiger partial charge in [-0.2, -0.15) is 0 Å². The number of aromatic nitrogens is 2. The molecule has 1 aromatic carbocycles. The van der Waals surface area contributed by atoms with Crippen molar-refractivity contribution in [2.75, 3.05) is 14.2 Å². The van der Waals surface area contributed by atoms with Gasteiger partial charge in [-0.1, -0.05) is 12.7 Å². The van der Waals surface area contributed by atoms with E-state index >= 15 is 0 Å². The van der Waals surface area contributed by atoms with Gasteiger partial charge in [-0.15, -0.1) is 0 Å². The molecule has 5 nitrogen and oxygen atoms in total. The number of methoxy groups -OCH3 is 2. The van der Waals surface area contributed by atoms with Crippen LogP contribution in [0.3, 0.4) is 0 Å². The van der Waals surface area contributed by atoms with Crippen LogP contribution in [0.4, 0.5) is 0 Å². The first-order valence-corrected chi connectivity index (χ1v) is 7.30. The number of nitrogens with zero attached hydrogens (tertiary/aromatic N) is 3. The third-order valence-corrected chi connectivity index (χ3v) is 3.60. The molecule has 0 unspecified atom stereocenters. The number of allylic oxidation sites excluding steroid dienone is 2. The quantitative estimate of drug-likeness (QED) is 0.578. The van der Waals surface area contributed by atoms with Gasteiger partial charge < -0.3 is 9.47 Å². The van der Waals surface area contributed by atoms with Crippen LogP contribution in [0, 0.1) is 6.92 Å². The molecule has 2 rings (SSSR count). The number of fused-ring (bicyclic) bond motifs is 1. The second kappa shape index (κ2) is 7.54. The molecule has 0 bridgehead atoms. The highest BCUT2D eigenvalue weighted by Gasteiger charge is 2.14. The van der Waals surface area contributed by atoms with Crippen molar-refractivity contribution in [1.29, 1.82) is 0 Å². The minimum atomic E-state index is 0.629. The third-order valence-electron chi connectivity index (χ3n) is 3.60. The van der Waals surface area contributed by atoms with Crippen molar-refractivity contribution in [3.8, 4) is 11.5 Å². The third kappa shape index (κ3) is 3.56. The Kier molecular flexibility index (Phi) is 5.46. The molecule has 23 heavy (non-hydrogen) atoms. The Morgan fingerprint density at radius 2 is 2.04 bits per heavy atom. The highest BCUT2D eigenvalue weighted by atomic mass is 16.5. The molecule has 0 fully saturated rings. The van der Waals surface area contributed by atoms with Crippen molar-refractivity contribution in [3.63, 3.8) is 0 Å². The molecule has 0 aliphatic rings. The Morgan fingerprint density at radius 1 is 1.26 bits per heavy atom. The first kappa shape index (κ1) is 16.7. The molecular weight excluding hydrogens is 290 g/mol. The Morgan fingerprint density at radius 3 is 2.65 bits per heavy atom. The van der Waals surface area contributed by atoms with Crippen LogP contribution in [0.25, 0.3) is 10.9 Å². The molecule has 0 aliphatic heterocycles. The second-order valence-corrected chi connectivity index (χ2v) is 5.01. The highest BCUT2D eigenvalue weighted by Crippen LogP contribution is 2.35. The predicted octanol–water partition coefficient (Wildman–Crippen LogP) is 3.66. The van der Waals surface area contributed by atoms with Crippen LogP contribution in [0.5, 0.6) is 11.5 Å². The normalized spacial score (nSPS) is 11.3. The maximum atomic E-state index is 5.48. The lowest BCUT2D eigenvalue weighted by atomic mass is 10.1. The molecule has 1 aromatic heterocycles. The van der Waals surface area contributed by atoms with Gasteiger partial charge in [-0.25, -0.2) is 9.97 Å². The fourth-order valence-corrected chi connectivity index (χ4v) is 2.43. The fraction of sp³-hybridized carbons (Fsp3) is 0.278. The van der Waals surface area contributed by atoms with E-state index in [2.05, 4.69) is 28.3 Å². The molecule has 0 aliphatic carbocycles. The molecule has 0 atom stereocenters. The van der Waals surface area contributed by atoms with Gasteiger partial charge in [0.2, 0.25) is 0 Å². The zero-order valence-electron chi connectivity index (χ0n) is 13.8. The summed E-state index contributed by atoms with van der Waals surface area (Å²) < 4.78 is 10.8. The van der Waals surface area contributed by atoms with E-state index in [4.69, 9.17) is 9.47 Å². The van der Waals surface area contributed by atoms with Crippen molar-refractivity contribution in [3.05, 3.63) is 48.1 Å². The number of benzene rings is 1. The first-order valence-electron chi connectivity index (χ1n) is 7.30. The maximum absolute atomic E-state index is 5.48. The Hall–Kier alpha value is -2.69. The monoisotopic (exact) mass is 311 g/mol. The largest absolute Gasteiger partial charge is 0.493 e. The predicted molar refractivity (Wildman–Crippen MR) is 93.5 cm³/mol. The Balaban J connectivity index is 2.44. The lowest BCUT2D eigenvalue weighted by Gasteiger charge is -2.12. The summed E-state index contributed by atoms with van der Waals surface area (Å²) in [4.78, 5) is 13.0. The lowest BCUT2D eigenvalue weighted by molar-refractivity contribution is 0.358. The highest BCUT2D eigenvalue weighted by molar-refractivity contribution is 5.88. The summed E-state index contributed by atoms with van der Waals surface area (Å²) >= 11 is 0. The molecule has 0 saturated carbocycles. The SMILES string of the molecule is C=C/C(=C\N=C)CCc1nc(C)c2ccc(OC)c(OC)c2n1. The number of rotatable bonds is 7. The molecule has 1 heterocycles. The van der Waals surface area contributed by atoms with E-state index in [1.165, 1.54) is 0 Å². The van der Waals surface area contributed by atoms with Gasteiger partial charge in [-0.05, 0) is 37.8 Å².